The predicted molar refractivity (Wildman–Crippen MR) is 133 cm³/mol. The summed E-state index contributed by atoms with van der Waals surface area (Å²) in [5, 5.41) is 18.7. The second-order valence-electron chi connectivity index (χ2n) is 8.60. The minimum absolute atomic E-state index is 0.0222. The number of ketones is 1. The van der Waals surface area contributed by atoms with Crippen LogP contribution in [0.3, 0.4) is 0 Å². The largest absolute Gasteiger partial charge is 0.493 e. The molecule has 3 aromatic carbocycles. The van der Waals surface area contributed by atoms with E-state index in [-0.39, 0.29) is 23.8 Å². The van der Waals surface area contributed by atoms with Crippen molar-refractivity contribution in [1.82, 2.24) is 0 Å². The first-order chi connectivity index (χ1) is 17.0. The Morgan fingerprint density at radius 2 is 1.63 bits per heavy atom. The number of hydrogen-bond acceptors (Lipinski definition) is 7. The topological polar surface area (TPSA) is 103 Å². The third kappa shape index (κ3) is 4.07. The number of carbonyl (C=O) groups excluding carboxylic acids is 1. The van der Waals surface area contributed by atoms with Gasteiger partial charge in [0.25, 0.3) is 5.69 Å². The van der Waals surface area contributed by atoms with E-state index in [1.165, 1.54) is 6.07 Å². The van der Waals surface area contributed by atoms with E-state index in [0.717, 1.165) is 22.6 Å². The molecule has 0 spiro atoms. The highest BCUT2D eigenvalue weighted by molar-refractivity contribution is 6.01. The van der Waals surface area contributed by atoms with Gasteiger partial charge in [-0.05, 0) is 48.2 Å². The van der Waals surface area contributed by atoms with Crippen LogP contribution in [-0.2, 0) is 4.79 Å². The van der Waals surface area contributed by atoms with E-state index in [4.69, 9.17) is 9.47 Å². The number of rotatable bonds is 5. The fraction of sp³-hybridized carbons (Fsp3) is 0.222. The summed E-state index contributed by atoms with van der Waals surface area (Å²) < 4.78 is 10.8. The van der Waals surface area contributed by atoms with Gasteiger partial charge >= 0.3 is 0 Å². The molecule has 2 atom stereocenters. The molecule has 0 saturated carbocycles. The van der Waals surface area contributed by atoms with Gasteiger partial charge in [0.05, 0.1) is 42.1 Å². The molecule has 1 aliphatic carbocycles. The normalized spacial score (nSPS) is 19.0. The van der Waals surface area contributed by atoms with Crippen molar-refractivity contribution in [3.05, 3.63) is 99.2 Å². The summed E-state index contributed by atoms with van der Waals surface area (Å²) in [5.74, 6) is 1.10. The summed E-state index contributed by atoms with van der Waals surface area (Å²) in [6.45, 7) is 0. The minimum atomic E-state index is -0.651. The SMILES string of the molecule is COc1ccc(C2CC(=O)C3=C(C2)Nc2ccccc2NC3c2ccccc2[N+](=O)[O-])cc1OC. The van der Waals surface area contributed by atoms with Crippen LogP contribution in [-0.4, -0.2) is 24.9 Å². The van der Waals surface area contributed by atoms with Gasteiger partial charge in [0.1, 0.15) is 0 Å². The molecule has 0 fully saturated rings. The number of hydrogen-bond donors (Lipinski definition) is 2. The summed E-state index contributed by atoms with van der Waals surface area (Å²) >= 11 is 0. The molecule has 3 aromatic rings. The Labute approximate surface area is 202 Å². The molecule has 2 N–H and O–H groups in total. The molecule has 0 amide bonds. The summed E-state index contributed by atoms with van der Waals surface area (Å²) in [6.07, 6.45) is 0.856. The van der Waals surface area contributed by atoms with E-state index in [2.05, 4.69) is 10.6 Å². The average molecular weight is 472 g/mol. The number of para-hydroxylation sites is 3. The van der Waals surface area contributed by atoms with Gasteiger partial charge in [-0.25, -0.2) is 0 Å². The summed E-state index contributed by atoms with van der Waals surface area (Å²) in [4.78, 5) is 25.1. The maximum absolute atomic E-state index is 13.7. The maximum atomic E-state index is 13.7. The van der Waals surface area contributed by atoms with Crippen LogP contribution >= 0.6 is 0 Å². The van der Waals surface area contributed by atoms with Gasteiger partial charge in [0, 0.05) is 23.8 Å². The number of nitro groups is 1. The monoisotopic (exact) mass is 471 g/mol. The van der Waals surface area contributed by atoms with E-state index in [1.54, 1.807) is 32.4 Å². The molecule has 5 rings (SSSR count). The Kier molecular flexibility index (Phi) is 5.86. The molecule has 1 heterocycles. The van der Waals surface area contributed by atoms with Gasteiger partial charge in [-0.15, -0.1) is 0 Å². The van der Waals surface area contributed by atoms with Crippen LogP contribution in [0.25, 0.3) is 0 Å². The zero-order valence-corrected chi connectivity index (χ0v) is 19.4. The second kappa shape index (κ2) is 9.13. The van der Waals surface area contributed by atoms with Gasteiger partial charge in [-0.1, -0.05) is 30.3 Å². The highest BCUT2D eigenvalue weighted by atomic mass is 16.6. The number of nitrogens with zero attached hydrogens (tertiary/aromatic N) is 1. The summed E-state index contributed by atoms with van der Waals surface area (Å²) in [7, 11) is 3.17. The van der Waals surface area contributed by atoms with Gasteiger partial charge in [0.15, 0.2) is 17.3 Å². The molecular weight excluding hydrogens is 446 g/mol. The molecule has 178 valence electrons. The molecule has 2 unspecified atom stereocenters. The molecule has 8 nitrogen and oxygen atoms in total. The minimum Gasteiger partial charge on any atom is -0.493 e. The standard InChI is InChI=1S/C27H25N3O5/c1-34-24-12-11-16(15-25(24)35-2)17-13-21-26(23(31)14-17)27(18-7-3-6-10-22(18)30(32)33)29-20-9-5-4-8-19(20)28-21/h3-12,15,17,27-29H,13-14H2,1-2H3. The predicted octanol–water partition coefficient (Wildman–Crippen LogP) is 5.59. The number of anilines is 2. The highest BCUT2D eigenvalue weighted by Gasteiger charge is 2.38. The molecule has 0 bridgehead atoms. The fourth-order valence-corrected chi connectivity index (χ4v) is 4.97. The van der Waals surface area contributed by atoms with Crippen molar-refractivity contribution in [2.24, 2.45) is 0 Å². The van der Waals surface area contributed by atoms with E-state index in [9.17, 15) is 14.9 Å². The molecule has 35 heavy (non-hydrogen) atoms. The van der Waals surface area contributed by atoms with E-state index < -0.39 is 11.0 Å². The van der Waals surface area contributed by atoms with Crippen molar-refractivity contribution >= 4 is 22.8 Å². The zero-order valence-electron chi connectivity index (χ0n) is 19.4. The van der Waals surface area contributed by atoms with Crippen molar-refractivity contribution in [1.29, 1.82) is 0 Å². The first-order valence-electron chi connectivity index (χ1n) is 11.3. The lowest BCUT2D eigenvalue weighted by molar-refractivity contribution is -0.385. The van der Waals surface area contributed by atoms with Crippen molar-refractivity contribution in [3.8, 4) is 11.5 Å². The Morgan fingerprint density at radius 3 is 2.37 bits per heavy atom. The zero-order chi connectivity index (χ0) is 24.5. The Morgan fingerprint density at radius 1 is 0.914 bits per heavy atom. The lowest BCUT2D eigenvalue weighted by atomic mass is 9.78. The molecule has 1 aliphatic heterocycles. The van der Waals surface area contributed by atoms with Gasteiger partial charge in [-0.2, -0.15) is 0 Å². The number of fused-ring (bicyclic) bond motifs is 1. The maximum Gasteiger partial charge on any atom is 0.275 e. The van der Waals surface area contributed by atoms with Crippen LogP contribution in [0.15, 0.2) is 78.0 Å². The fourth-order valence-electron chi connectivity index (χ4n) is 4.97. The molecule has 0 radical (unpaired) electrons. The van der Waals surface area contributed by atoms with E-state index in [0.29, 0.717) is 29.1 Å². The number of allylic oxidation sites excluding steroid dienone is 1. The van der Waals surface area contributed by atoms with Crippen LogP contribution in [0.2, 0.25) is 0 Å². The number of carbonyl (C=O) groups is 1. The second-order valence-corrected chi connectivity index (χ2v) is 8.60. The average Bonchev–Trinajstić information content (AvgIpc) is 3.05. The van der Waals surface area contributed by atoms with Crippen molar-refractivity contribution < 1.29 is 19.2 Å². The van der Waals surface area contributed by atoms with E-state index >= 15 is 0 Å². The van der Waals surface area contributed by atoms with Gasteiger partial charge < -0.3 is 20.1 Å². The molecular formula is C27H25N3O5. The van der Waals surface area contributed by atoms with Crippen molar-refractivity contribution in [2.45, 2.75) is 24.8 Å². The summed E-state index contributed by atoms with van der Waals surface area (Å²) in [6, 6.07) is 19.3. The van der Waals surface area contributed by atoms with Gasteiger partial charge in [-0.3, -0.25) is 14.9 Å². The first-order valence-corrected chi connectivity index (χ1v) is 11.3. The Hall–Kier alpha value is -4.33. The lowest BCUT2D eigenvalue weighted by Crippen LogP contribution is -2.27. The third-order valence-electron chi connectivity index (χ3n) is 6.63. The van der Waals surface area contributed by atoms with Crippen LogP contribution < -0.4 is 20.1 Å². The van der Waals surface area contributed by atoms with Gasteiger partial charge in [0.2, 0.25) is 0 Å². The molecule has 0 aromatic heterocycles. The number of benzene rings is 3. The number of methoxy groups -OCH3 is 2. The van der Waals surface area contributed by atoms with Crippen molar-refractivity contribution in [2.75, 3.05) is 24.9 Å². The highest BCUT2D eigenvalue weighted by Crippen LogP contribution is 2.46. The van der Waals surface area contributed by atoms with Crippen LogP contribution in [0.5, 0.6) is 11.5 Å². The first kappa shape index (κ1) is 22.5. The Bertz CT molecular complexity index is 1350. The molecule has 2 aliphatic rings. The van der Waals surface area contributed by atoms with Crippen LogP contribution in [0.4, 0.5) is 17.1 Å². The number of nitrogens with one attached hydrogen (secondary N) is 2. The summed E-state index contributed by atoms with van der Waals surface area (Å²) in [5.41, 5.74) is 4.31. The van der Waals surface area contributed by atoms with Crippen LogP contribution in [0.1, 0.15) is 35.9 Å². The molecule has 8 heteroatoms. The van der Waals surface area contributed by atoms with Crippen molar-refractivity contribution in [3.63, 3.8) is 0 Å². The quantitative estimate of drug-likeness (QED) is 0.369. The van der Waals surface area contributed by atoms with Crippen LogP contribution in [0, 0.1) is 10.1 Å². The van der Waals surface area contributed by atoms with E-state index in [1.807, 2.05) is 42.5 Å². The number of ether oxygens (including phenoxy) is 2. The number of nitro benzene ring substituents is 1. The smallest absolute Gasteiger partial charge is 0.275 e. The number of Topliss-reactive ketones (excluding diaryl/α,β-unsaturated/α-hetero) is 1. The lowest BCUT2D eigenvalue weighted by Gasteiger charge is -2.30. The Balaban J connectivity index is 1.62. The molecule has 0 saturated heterocycles. The third-order valence-corrected chi connectivity index (χ3v) is 6.63.